The van der Waals surface area contributed by atoms with Gasteiger partial charge in [-0.2, -0.15) is 13.2 Å². The van der Waals surface area contributed by atoms with Crippen molar-refractivity contribution in [1.29, 1.82) is 0 Å². The number of piperidine rings is 1. The van der Waals surface area contributed by atoms with E-state index in [9.17, 15) is 22.4 Å². The van der Waals surface area contributed by atoms with Crippen LogP contribution in [0.1, 0.15) is 18.4 Å². The van der Waals surface area contributed by atoms with Gasteiger partial charge in [0.15, 0.2) is 11.6 Å². The van der Waals surface area contributed by atoms with Gasteiger partial charge in [0.1, 0.15) is 12.4 Å². The van der Waals surface area contributed by atoms with Gasteiger partial charge in [-0.3, -0.25) is 4.79 Å². The van der Waals surface area contributed by atoms with Crippen LogP contribution >= 0.6 is 0 Å². The second kappa shape index (κ2) is 9.95. The minimum atomic E-state index is -4.54. The smallest absolute Gasteiger partial charge is 0.419 e. The molecule has 0 radical (unpaired) electrons. The average molecular weight is 441 g/mol. The first kappa shape index (κ1) is 22.8. The molecule has 0 spiro atoms. The first-order valence-corrected chi connectivity index (χ1v) is 9.79. The lowest BCUT2D eigenvalue weighted by atomic mass is 9.96. The number of pyridine rings is 1. The Morgan fingerprint density at radius 1 is 1.29 bits per heavy atom. The van der Waals surface area contributed by atoms with Crippen molar-refractivity contribution in [2.75, 3.05) is 43.6 Å². The van der Waals surface area contributed by atoms with Gasteiger partial charge in [0.05, 0.1) is 18.1 Å². The number of rotatable bonds is 7. The van der Waals surface area contributed by atoms with Crippen molar-refractivity contribution in [1.82, 2.24) is 4.98 Å². The summed E-state index contributed by atoms with van der Waals surface area (Å²) in [6.07, 6.45) is -2.19. The first-order chi connectivity index (χ1) is 14.8. The maximum atomic E-state index is 14.2. The molecule has 1 saturated heterocycles. The van der Waals surface area contributed by atoms with E-state index < -0.39 is 23.5 Å². The molecule has 1 aliphatic rings. The van der Waals surface area contributed by atoms with Crippen molar-refractivity contribution in [2.24, 2.45) is 5.92 Å². The molecule has 6 nitrogen and oxygen atoms in total. The monoisotopic (exact) mass is 441 g/mol. The zero-order valence-corrected chi connectivity index (χ0v) is 16.9. The van der Waals surface area contributed by atoms with Crippen LogP contribution in [0.15, 0.2) is 36.5 Å². The normalized spacial score (nSPS) is 16.8. The fraction of sp³-hybridized carbons (Fsp3) is 0.429. The molecule has 0 saturated carbocycles. The summed E-state index contributed by atoms with van der Waals surface area (Å²) >= 11 is 0. The number of ether oxygens (including phenoxy) is 2. The Hall–Kier alpha value is -2.88. The highest BCUT2D eigenvalue weighted by Crippen LogP contribution is 2.36. The van der Waals surface area contributed by atoms with E-state index in [-0.39, 0.29) is 36.3 Å². The number of aromatic nitrogens is 1. The minimum absolute atomic E-state index is 0.0359. The van der Waals surface area contributed by atoms with Crippen molar-refractivity contribution >= 4 is 17.4 Å². The molecular weight excluding hydrogens is 418 g/mol. The Balaban J connectivity index is 1.66. The number of carbonyl (C=O) groups is 1. The van der Waals surface area contributed by atoms with E-state index in [1.165, 1.54) is 36.4 Å². The molecule has 1 aromatic carbocycles. The van der Waals surface area contributed by atoms with Crippen LogP contribution < -0.4 is 15.0 Å². The van der Waals surface area contributed by atoms with Crippen LogP contribution in [0, 0.1) is 11.7 Å². The molecule has 2 heterocycles. The molecule has 3 rings (SSSR count). The van der Waals surface area contributed by atoms with Gasteiger partial charge in [-0.15, -0.1) is 0 Å². The largest absolute Gasteiger partial charge is 0.488 e. The second-order valence-electron chi connectivity index (χ2n) is 7.13. The number of halogens is 4. The lowest BCUT2D eigenvalue weighted by Gasteiger charge is -2.34. The zero-order valence-electron chi connectivity index (χ0n) is 16.9. The molecule has 1 aliphatic heterocycles. The van der Waals surface area contributed by atoms with Gasteiger partial charge < -0.3 is 19.7 Å². The maximum Gasteiger partial charge on any atom is 0.419 e. The molecule has 1 fully saturated rings. The Kier molecular flexibility index (Phi) is 7.32. The third kappa shape index (κ3) is 5.84. The number of nitrogens with zero attached hydrogens (tertiary/aromatic N) is 2. The second-order valence-corrected chi connectivity index (χ2v) is 7.13. The molecule has 0 aliphatic carbocycles. The summed E-state index contributed by atoms with van der Waals surface area (Å²) in [5.41, 5.74) is -0.588. The Morgan fingerprint density at radius 2 is 2.10 bits per heavy atom. The summed E-state index contributed by atoms with van der Waals surface area (Å²) in [7, 11) is 1.50. The number of methoxy groups -OCH3 is 1. The van der Waals surface area contributed by atoms with Crippen molar-refractivity contribution in [3.05, 3.63) is 47.9 Å². The Bertz CT molecular complexity index is 908. The van der Waals surface area contributed by atoms with Crippen LogP contribution in [0.3, 0.4) is 0 Å². The Labute approximate surface area is 177 Å². The minimum Gasteiger partial charge on any atom is -0.488 e. The summed E-state index contributed by atoms with van der Waals surface area (Å²) in [4.78, 5) is 18.1. The number of anilines is 2. The van der Waals surface area contributed by atoms with Crippen LogP contribution in [0.5, 0.6) is 5.75 Å². The van der Waals surface area contributed by atoms with Gasteiger partial charge >= 0.3 is 6.18 Å². The SMILES string of the molecule is COCCOc1ccc(NC(=O)C2CCCN(c3ncccc3C(F)(F)F)C2)cc1F. The lowest BCUT2D eigenvalue weighted by Crippen LogP contribution is -2.42. The first-order valence-electron chi connectivity index (χ1n) is 9.79. The number of hydrogen-bond donors (Lipinski definition) is 1. The van der Waals surface area contributed by atoms with Gasteiger partial charge in [0.25, 0.3) is 0 Å². The molecule has 1 atom stereocenters. The third-order valence-corrected chi connectivity index (χ3v) is 4.93. The molecule has 168 valence electrons. The highest BCUT2D eigenvalue weighted by molar-refractivity contribution is 5.93. The van der Waals surface area contributed by atoms with E-state index >= 15 is 0 Å². The summed E-state index contributed by atoms with van der Waals surface area (Å²) < 4.78 is 64.2. The lowest BCUT2D eigenvalue weighted by molar-refractivity contribution is -0.137. The summed E-state index contributed by atoms with van der Waals surface area (Å²) in [6.45, 7) is 0.950. The predicted octanol–water partition coefficient (Wildman–Crippen LogP) is 4.12. The molecule has 1 aromatic heterocycles. The van der Waals surface area contributed by atoms with Gasteiger partial charge in [0, 0.05) is 38.1 Å². The number of nitrogens with one attached hydrogen (secondary N) is 1. The topological polar surface area (TPSA) is 63.7 Å². The summed E-state index contributed by atoms with van der Waals surface area (Å²) in [5, 5.41) is 2.64. The standard InChI is InChI=1S/C21H23F4N3O3/c1-30-10-11-31-18-7-6-15(12-17(18)22)27-20(29)14-4-3-9-28(13-14)19-16(21(23,24)25)5-2-8-26-19/h2,5-8,12,14H,3-4,9-11,13H2,1H3,(H,27,29). The van der Waals surface area contributed by atoms with E-state index in [1.54, 1.807) is 0 Å². The van der Waals surface area contributed by atoms with E-state index in [0.717, 1.165) is 12.1 Å². The van der Waals surface area contributed by atoms with E-state index in [4.69, 9.17) is 9.47 Å². The van der Waals surface area contributed by atoms with Crippen molar-refractivity contribution in [2.45, 2.75) is 19.0 Å². The number of alkyl halides is 3. The van der Waals surface area contributed by atoms with Crippen molar-refractivity contribution in [3.63, 3.8) is 0 Å². The summed E-state index contributed by atoms with van der Waals surface area (Å²) in [6, 6.07) is 6.26. The molecule has 10 heteroatoms. The summed E-state index contributed by atoms with van der Waals surface area (Å²) in [5.74, 6) is -1.73. The maximum absolute atomic E-state index is 14.2. The highest BCUT2D eigenvalue weighted by Gasteiger charge is 2.37. The molecule has 0 bridgehead atoms. The highest BCUT2D eigenvalue weighted by atomic mass is 19.4. The molecule has 1 amide bonds. The fourth-order valence-electron chi connectivity index (χ4n) is 3.43. The quantitative estimate of drug-likeness (QED) is 0.517. The van der Waals surface area contributed by atoms with Gasteiger partial charge in [-0.1, -0.05) is 0 Å². The van der Waals surface area contributed by atoms with Crippen LogP contribution in [-0.2, 0) is 15.7 Å². The number of hydrogen-bond acceptors (Lipinski definition) is 5. The molecule has 1 unspecified atom stereocenters. The van der Waals surface area contributed by atoms with Crippen molar-refractivity contribution in [3.8, 4) is 5.75 Å². The molecular formula is C21H23F4N3O3. The van der Waals surface area contributed by atoms with Crippen molar-refractivity contribution < 1.29 is 31.8 Å². The van der Waals surface area contributed by atoms with Crippen LogP contribution in [0.4, 0.5) is 29.1 Å². The fourth-order valence-corrected chi connectivity index (χ4v) is 3.43. The predicted molar refractivity (Wildman–Crippen MR) is 107 cm³/mol. The third-order valence-electron chi connectivity index (χ3n) is 4.93. The molecule has 1 N–H and O–H groups in total. The van der Waals surface area contributed by atoms with Gasteiger partial charge in [-0.05, 0) is 37.1 Å². The van der Waals surface area contributed by atoms with Crippen LogP contribution in [0.25, 0.3) is 0 Å². The molecule has 31 heavy (non-hydrogen) atoms. The van der Waals surface area contributed by atoms with Gasteiger partial charge in [-0.25, -0.2) is 9.37 Å². The number of benzene rings is 1. The average Bonchev–Trinajstić information content (AvgIpc) is 2.75. The van der Waals surface area contributed by atoms with E-state index in [0.29, 0.717) is 26.0 Å². The van der Waals surface area contributed by atoms with Crippen LogP contribution in [-0.4, -0.2) is 44.3 Å². The number of amides is 1. The van der Waals surface area contributed by atoms with E-state index in [1.807, 2.05) is 0 Å². The zero-order chi connectivity index (χ0) is 22.4. The number of carbonyl (C=O) groups excluding carboxylic acids is 1. The van der Waals surface area contributed by atoms with Gasteiger partial charge in [0.2, 0.25) is 5.91 Å². The van der Waals surface area contributed by atoms with E-state index in [2.05, 4.69) is 10.3 Å². The van der Waals surface area contributed by atoms with Crippen LogP contribution in [0.2, 0.25) is 0 Å². The Morgan fingerprint density at radius 3 is 2.81 bits per heavy atom. The molecule has 2 aromatic rings.